The molecule has 1 unspecified atom stereocenters. The van der Waals surface area contributed by atoms with Gasteiger partial charge in [-0.3, -0.25) is 4.79 Å². The molecule has 2 aromatic rings. The average Bonchev–Trinajstić information content (AvgIpc) is 2.78. The Morgan fingerprint density at radius 1 is 1.06 bits per heavy atom. The summed E-state index contributed by atoms with van der Waals surface area (Å²) in [6.07, 6.45) is 4.83. The summed E-state index contributed by atoms with van der Waals surface area (Å²) >= 11 is 0. The van der Waals surface area contributed by atoms with E-state index in [0.717, 1.165) is 53.4 Å². The van der Waals surface area contributed by atoms with Gasteiger partial charge in [0.1, 0.15) is 18.1 Å². The van der Waals surface area contributed by atoms with Crippen LogP contribution in [0.5, 0.6) is 11.5 Å². The monoisotopic (exact) mass is 439 g/mol. The lowest BCUT2D eigenvalue weighted by atomic mass is 10.0. The number of ether oxygens (including phenoxy) is 2. The van der Waals surface area contributed by atoms with Gasteiger partial charge in [-0.15, -0.1) is 0 Å². The molecule has 1 fully saturated rings. The topological polar surface area (TPSA) is 71.6 Å². The van der Waals surface area contributed by atoms with Crippen molar-refractivity contribution >= 4 is 17.3 Å². The van der Waals surface area contributed by atoms with Crippen molar-refractivity contribution in [2.24, 2.45) is 0 Å². The van der Waals surface area contributed by atoms with Crippen molar-refractivity contribution in [3.05, 3.63) is 47.5 Å². The van der Waals surface area contributed by atoms with Gasteiger partial charge in [0.05, 0.1) is 18.0 Å². The Hall–Kier alpha value is -2.73. The first-order valence-electron chi connectivity index (χ1n) is 11.8. The van der Waals surface area contributed by atoms with Crippen molar-refractivity contribution in [3.8, 4) is 11.5 Å². The average molecular weight is 440 g/mol. The third-order valence-corrected chi connectivity index (χ3v) is 5.65. The van der Waals surface area contributed by atoms with Gasteiger partial charge in [-0.2, -0.15) is 0 Å². The van der Waals surface area contributed by atoms with Crippen molar-refractivity contribution in [2.75, 3.05) is 36.9 Å². The molecule has 32 heavy (non-hydrogen) atoms. The Morgan fingerprint density at radius 2 is 1.88 bits per heavy atom. The van der Waals surface area contributed by atoms with E-state index in [1.807, 2.05) is 24.3 Å². The highest BCUT2D eigenvalue weighted by Crippen LogP contribution is 2.28. The SMILES string of the molecule is CCCOc1ccc(NCCOc2c(C)cccc2C)c(NC(=O)CC2CCCCN2)c1. The lowest BCUT2D eigenvalue weighted by Gasteiger charge is -2.23. The first kappa shape index (κ1) is 23.9. The van der Waals surface area contributed by atoms with Crippen molar-refractivity contribution in [3.63, 3.8) is 0 Å². The van der Waals surface area contributed by atoms with Gasteiger partial charge in [0, 0.05) is 25.1 Å². The second-order valence-corrected chi connectivity index (χ2v) is 8.45. The summed E-state index contributed by atoms with van der Waals surface area (Å²) in [5.41, 5.74) is 3.87. The van der Waals surface area contributed by atoms with Crippen LogP contribution in [0, 0.1) is 13.8 Å². The molecule has 174 valence electrons. The molecule has 1 heterocycles. The van der Waals surface area contributed by atoms with Gasteiger partial charge in [-0.25, -0.2) is 0 Å². The molecule has 1 amide bonds. The number of hydrogen-bond acceptors (Lipinski definition) is 5. The highest BCUT2D eigenvalue weighted by molar-refractivity contribution is 5.94. The zero-order valence-electron chi connectivity index (χ0n) is 19.6. The van der Waals surface area contributed by atoms with Gasteiger partial charge < -0.3 is 25.4 Å². The summed E-state index contributed by atoms with van der Waals surface area (Å²) in [7, 11) is 0. The number of amides is 1. The maximum atomic E-state index is 12.7. The summed E-state index contributed by atoms with van der Waals surface area (Å²) in [5, 5.41) is 9.93. The Balaban J connectivity index is 1.60. The largest absolute Gasteiger partial charge is 0.494 e. The highest BCUT2D eigenvalue weighted by Gasteiger charge is 2.17. The Labute approximate surface area is 192 Å². The van der Waals surface area contributed by atoms with Crippen LogP contribution < -0.4 is 25.4 Å². The number of rotatable bonds is 11. The number of benzene rings is 2. The lowest BCUT2D eigenvalue weighted by molar-refractivity contribution is -0.116. The molecule has 3 N–H and O–H groups in total. The van der Waals surface area contributed by atoms with Crippen LogP contribution >= 0.6 is 0 Å². The number of hydrogen-bond donors (Lipinski definition) is 3. The number of anilines is 2. The van der Waals surface area contributed by atoms with E-state index in [9.17, 15) is 4.79 Å². The first-order chi connectivity index (χ1) is 15.6. The Morgan fingerprint density at radius 3 is 2.59 bits per heavy atom. The fourth-order valence-electron chi connectivity index (χ4n) is 3.98. The minimum Gasteiger partial charge on any atom is -0.494 e. The smallest absolute Gasteiger partial charge is 0.225 e. The molecule has 6 heteroatoms. The standard InChI is InChI=1S/C26H37N3O3/c1-4-15-31-22-11-12-23(28-14-16-32-26-19(2)8-7-9-20(26)3)24(18-22)29-25(30)17-21-10-5-6-13-27-21/h7-9,11-12,18,21,27-28H,4-6,10,13-17H2,1-3H3,(H,29,30). The first-order valence-corrected chi connectivity index (χ1v) is 11.8. The molecule has 0 radical (unpaired) electrons. The normalized spacial score (nSPS) is 15.8. The van der Waals surface area contributed by atoms with Gasteiger partial charge in [-0.05, 0) is 62.9 Å². The van der Waals surface area contributed by atoms with Gasteiger partial charge in [-0.1, -0.05) is 31.5 Å². The zero-order chi connectivity index (χ0) is 22.8. The maximum Gasteiger partial charge on any atom is 0.225 e. The minimum absolute atomic E-state index is 0.0203. The third-order valence-electron chi connectivity index (χ3n) is 5.65. The summed E-state index contributed by atoms with van der Waals surface area (Å²) in [6, 6.07) is 12.2. The fraction of sp³-hybridized carbons (Fsp3) is 0.500. The minimum atomic E-state index is 0.0203. The molecule has 0 bridgehead atoms. The van der Waals surface area contributed by atoms with Crippen molar-refractivity contribution in [1.29, 1.82) is 0 Å². The van der Waals surface area contributed by atoms with Crippen molar-refractivity contribution in [1.82, 2.24) is 5.32 Å². The summed E-state index contributed by atoms with van der Waals surface area (Å²) in [6.45, 7) is 8.97. The van der Waals surface area contributed by atoms with Crippen LogP contribution in [0.1, 0.15) is 50.2 Å². The Kier molecular flexibility index (Phi) is 9.23. The van der Waals surface area contributed by atoms with Crippen LogP contribution in [0.15, 0.2) is 36.4 Å². The van der Waals surface area contributed by atoms with E-state index in [1.165, 1.54) is 12.8 Å². The molecular weight excluding hydrogens is 402 g/mol. The van der Waals surface area contributed by atoms with Crippen LogP contribution in [-0.2, 0) is 4.79 Å². The van der Waals surface area contributed by atoms with Crippen molar-refractivity contribution in [2.45, 2.75) is 58.9 Å². The number of nitrogens with one attached hydrogen (secondary N) is 3. The molecule has 3 rings (SSSR count). The van der Waals surface area contributed by atoms with Crippen LogP contribution in [0.3, 0.4) is 0 Å². The highest BCUT2D eigenvalue weighted by atomic mass is 16.5. The predicted octanol–water partition coefficient (Wildman–Crippen LogP) is 5.05. The van der Waals surface area contributed by atoms with E-state index in [0.29, 0.717) is 26.2 Å². The third kappa shape index (κ3) is 7.16. The summed E-state index contributed by atoms with van der Waals surface area (Å²) in [5.74, 6) is 1.72. The van der Waals surface area contributed by atoms with E-state index in [-0.39, 0.29) is 11.9 Å². The molecule has 0 aliphatic carbocycles. The molecule has 6 nitrogen and oxygen atoms in total. The molecule has 1 aliphatic rings. The quantitative estimate of drug-likeness (QED) is 0.427. The second-order valence-electron chi connectivity index (χ2n) is 8.45. The second kappa shape index (κ2) is 12.3. The van der Waals surface area contributed by atoms with E-state index in [4.69, 9.17) is 9.47 Å². The van der Waals surface area contributed by atoms with Gasteiger partial charge in [0.15, 0.2) is 0 Å². The number of carbonyl (C=O) groups excluding carboxylic acids is 1. The van der Waals surface area contributed by atoms with Gasteiger partial charge in [0.25, 0.3) is 0 Å². The Bertz CT molecular complexity index is 858. The molecule has 2 aromatic carbocycles. The lowest BCUT2D eigenvalue weighted by Crippen LogP contribution is -2.37. The number of aryl methyl sites for hydroxylation is 2. The van der Waals surface area contributed by atoms with Gasteiger partial charge >= 0.3 is 0 Å². The van der Waals surface area contributed by atoms with E-state index in [1.54, 1.807) is 0 Å². The van der Waals surface area contributed by atoms with Crippen LogP contribution in [-0.4, -0.2) is 38.3 Å². The molecular formula is C26H37N3O3. The zero-order valence-corrected chi connectivity index (χ0v) is 19.6. The maximum absolute atomic E-state index is 12.7. The fourth-order valence-corrected chi connectivity index (χ4v) is 3.98. The molecule has 1 saturated heterocycles. The number of carbonyl (C=O) groups is 1. The van der Waals surface area contributed by atoms with Crippen LogP contribution in [0.2, 0.25) is 0 Å². The summed E-state index contributed by atoms with van der Waals surface area (Å²) < 4.78 is 11.8. The van der Waals surface area contributed by atoms with Gasteiger partial charge in [0.2, 0.25) is 5.91 Å². The molecule has 0 aromatic heterocycles. The summed E-state index contributed by atoms with van der Waals surface area (Å²) in [4.78, 5) is 12.7. The molecule has 0 spiro atoms. The van der Waals surface area contributed by atoms with Crippen LogP contribution in [0.25, 0.3) is 0 Å². The van der Waals surface area contributed by atoms with E-state index >= 15 is 0 Å². The molecule has 1 aliphatic heterocycles. The molecule has 0 saturated carbocycles. The predicted molar refractivity (Wildman–Crippen MR) is 131 cm³/mol. The number of piperidine rings is 1. The number of para-hydroxylation sites is 1. The van der Waals surface area contributed by atoms with E-state index in [2.05, 4.69) is 48.9 Å². The van der Waals surface area contributed by atoms with E-state index < -0.39 is 0 Å². The van der Waals surface area contributed by atoms with Crippen LogP contribution in [0.4, 0.5) is 11.4 Å². The van der Waals surface area contributed by atoms with Crippen molar-refractivity contribution < 1.29 is 14.3 Å². The molecule has 1 atom stereocenters.